The minimum absolute atomic E-state index is 0.0108. The number of methoxy groups -OCH3 is 1. The Morgan fingerprint density at radius 2 is 2.18 bits per heavy atom. The molecule has 2 heterocycles. The van der Waals surface area contributed by atoms with Gasteiger partial charge in [-0.05, 0) is 38.7 Å². The molecule has 1 aromatic carbocycles. The largest absolute Gasteiger partial charge is 0.383 e. The van der Waals surface area contributed by atoms with E-state index in [4.69, 9.17) is 10.5 Å². The molecule has 8 nitrogen and oxygen atoms in total. The second-order valence-corrected chi connectivity index (χ2v) is 7.00. The number of hydrogen-bond donors (Lipinski definition) is 2. The number of rotatable bonds is 7. The van der Waals surface area contributed by atoms with Crippen LogP contribution in [0.3, 0.4) is 0 Å². The molecule has 0 saturated heterocycles. The first kappa shape index (κ1) is 20.0. The summed E-state index contributed by atoms with van der Waals surface area (Å²) in [6.07, 6.45) is 0.530. The van der Waals surface area contributed by atoms with Crippen LogP contribution >= 0.6 is 0 Å². The second kappa shape index (κ2) is 8.49. The molecule has 9 heteroatoms. The molecule has 0 bridgehead atoms. The molecule has 3 rings (SSSR count). The quantitative estimate of drug-likeness (QED) is 0.740. The number of ether oxygens (including phenoxy) is 1. The molecule has 0 spiro atoms. The number of nitrogens with one attached hydrogen (secondary N) is 1. The number of nitrogen functional groups attached to an aromatic ring is 1. The number of nitrogens with two attached hydrogens (primary N) is 1. The van der Waals surface area contributed by atoms with Gasteiger partial charge in [0.15, 0.2) is 0 Å². The van der Waals surface area contributed by atoms with Crippen LogP contribution in [-0.4, -0.2) is 67.7 Å². The molecule has 28 heavy (non-hydrogen) atoms. The lowest BCUT2D eigenvalue weighted by Gasteiger charge is -2.30. The Balaban J connectivity index is 1.92. The van der Waals surface area contributed by atoms with Crippen molar-refractivity contribution < 1.29 is 13.9 Å². The molecular formula is C19H25FN6O2. The van der Waals surface area contributed by atoms with Gasteiger partial charge in [0.1, 0.15) is 17.3 Å². The normalized spacial score (nSPS) is 14.9. The summed E-state index contributed by atoms with van der Waals surface area (Å²) in [6, 6.07) is 5.91. The van der Waals surface area contributed by atoms with Gasteiger partial charge in [-0.3, -0.25) is 4.79 Å². The van der Waals surface area contributed by atoms with Crippen molar-refractivity contribution in [1.82, 2.24) is 14.9 Å². The Hall–Kier alpha value is -2.78. The highest BCUT2D eigenvalue weighted by atomic mass is 19.1. The van der Waals surface area contributed by atoms with Crippen molar-refractivity contribution in [3.63, 3.8) is 0 Å². The first-order chi connectivity index (χ1) is 13.4. The minimum atomic E-state index is -0.397. The van der Waals surface area contributed by atoms with Gasteiger partial charge in [-0.2, -0.15) is 4.98 Å². The second-order valence-electron chi connectivity index (χ2n) is 7.00. The molecule has 0 saturated carbocycles. The molecular weight excluding hydrogens is 363 g/mol. The minimum Gasteiger partial charge on any atom is -0.383 e. The predicted octanol–water partition coefficient (Wildman–Crippen LogP) is 1.39. The van der Waals surface area contributed by atoms with E-state index in [2.05, 4.69) is 15.3 Å². The number of likely N-dealkylation sites (N-methyl/N-ethyl adjacent to an activating group) is 1. The van der Waals surface area contributed by atoms with Gasteiger partial charge in [0.05, 0.1) is 12.6 Å². The summed E-state index contributed by atoms with van der Waals surface area (Å²) in [4.78, 5) is 25.0. The Bertz CT molecular complexity index is 860. The molecule has 1 amide bonds. The van der Waals surface area contributed by atoms with Gasteiger partial charge in [-0.15, -0.1) is 0 Å². The van der Waals surface area contributed by atoms with Crippen molar-refractivity contribution in [3.8, 4) is 0 Å². The maximum Gasteiger partial charge on any atom is 0.277 e. The summed E-state index contributed by atoms with van der Waals surface area (Å²) in [6.45, 7) is 1.59. The number of anilines is 3. The first-order valence-electron chi connectivity index (χ1n) is 9.03. The van der Waals surface area contributed by atoms with E-state index in [-0.39, 0.29) is 23.6 Å². The van der Waals surface area contributed by atoms with Crippen LogP contribution in [0.15, 0.2) is 24.3 Å². The summed E-state index contributed by atoms with van der Waals surface area (Å²) in [7, 11) is 5.57. The topological polar surface area (TPSA) is 96.6 Å². The summed E-state index contributed by atoms with van der Waals surface area (Å²) >= 11 is 0. The fourth-order valence-corrected chi connectivity index (χ4v) is 3.35. The average molecular weight is 388 g/mol. The number of aromatic nitrogens is 2. The molecule has 0 aliphatic carbocycles. The van der Waals surface area contributed by atoms with Crippen molar-refractivity contribution >= 4 is 23.4 Å². The van der Waals surface area contributed by atoms with Crippen LogP contribution in [-0.2, 0) is 11.2 Å². The standard InChI is InChI=1S/C19H25FN6O2/c1-25(2)10-13(11-28-3)22-17-15-7-8-26(14-6-4-5-12(20)9-14)18(27)16(15)23-19(21)24-17/h4-6,9,13H,7-8,10-11H2,1-3H3,(H3,21,22,23,24). The summed E-state index contributed by atoms with van der Waals surface area (Å²) < 4.78 is 18.9. The van der Waals surface area contributed by atoms with Gasteiger partial charge in [-0.1, -0.05) is 6.07 Å². The highest BCUT2D eigenvalue weighted by Gasteiger charge is 2.31. The first-order valence-corrected chi connectivity index (χ1v) is 9.03. The van der Waals surface area contributed by atoms with E-state index in [0.717, 1.165) is 6.54 Å². The summed E-state index contributed by atoms with van der Waals surface area (Å²) in [5.41, 5.74) is 7.32. The van der Waals surface area contributed by atoms with E-state index < -0.39 is 5.82 Å². The van der Waals surface area contributed by atoms with Crippen LogP contribution in [0.2, 0.25) is 0 Å². The van der Waals surface area contributed by atoms with Crippen LogP contribution in [0, 0.1) is 5.82 Å². The zero-order valence-corrected chi connectivity index (χ0v) is 16.3. The average Bonchev–Trinajstić information content (AvgIpc) is 2.62. The third kappa shape index (κ3) is 4.37. The Morgan fingerprint density at radius 1 is 1.39 bits per heavy atom. The van der Waals surface area contributed by atoms with Crippen LogP contribution < -0.4 is 16.0 Å². The van der Waals surface area contributed by atoms with Crippen LogP contribution in [0.4, 0.5) is 21.8 Å². The zero-order valence-electron chi connectivity index (χ0n) is 16.3. The number of amides is 1. The molecule has 1 aliphatic heterocycles. The third-order valence-electron chi connectivity index (χ3n) is 4.47. The van der Waals surface area contributed by atoms with Crippen molar-refractivity contribution in [1.29, 1.82) is 0 Å². The van der Waals surface area contributed by atoms with Gasteiger partial charge in [0.25, 0.3) is 5.91 Å². The number of nitrogens with zero attached hydrogens (tertiary/aromatic N) is 4. The molecule has 0 fully saturated rings. The van der Waals surface area contributed by atoms with Crippen LogP contribution in [0.25, 0.3) is 0 Å². The van der Waals surface area contributed by atoms with Gasteiger partial charge in [-0.25, -0.2) is 9.37 Å². The van der Waals surface area contributed by atoms with Crippen molar-refractivity contribution in [2.75, 3.05) is 56.9 Å². The smallest absolute Gasteiger partial charge is 0.277 e. The van der Waals surface area contributed by atoms with E-state index in [1.54, 1.807) is 19.2 Å². The Morgan fingerprint density at radius 3 is 2.86 bits per heavy atom. The van der Waals surface area contributed by atoms with Crippen molar-refractivity contribution in [2.24, 2.45) is 0 Å². The third-order valence-corrected chi connectivity index (χ3v) is 4.47. The fraction of sp³-hybridized carbons (Fsp3) is 0.421. The lowest BCUT2D eigenvalue weighted by atomic mass is 10.0. The molecule has 1 aliphatic rings. The lowest BCUT2D eigenvalue weighted by Crippen LogP contribution is -2.41. The Kier molecular flexibility index (Phi) is 6.05. The molecule has 1 aromatic heterocycles. The van der Waals surface area contributed by atoms with E-state index >= 15 is 0 Å². The van der Waals surface area contributed by atoms with Gasteiger partial charge >= 0.3 is 0 Å². The summed E-state index contributed by atoms with van der Waals surface area (Å²) in [5.74, 6) is -0.165. The van der Waals surface area contributed by atoms with Crippen LogP contribution in [0.1, 0.15) is 16.1 Å². The fourth-order valence-electron chi connectivity index (χ4n) is 3.35. The summed E-state index contributed by atoms with van der Waals surface area (Å²) in [5, 5.41) is 3.34. The van der Waals surface area contributed by atoms with E-state index in [1.165, 1.54) is 17.0 Å². The molecule has 2 aromatic rings. The molecule has 1 atom stereocenters. The van der Waals surface area contributed by atoms with Gasteiger partial charge in [0, 0.05) is 31.5 Å². The number of halogens is 1. The number of hydrogen-bond acceptors (Lipinski definition) is 7. The van der Waals surface area contributed by atoms with E-state index in [9.17, 15) is 9.18 Å². The van der Waals surface area contributed by atoms with Crippen LogP contribution in [0.5, 0.6) is 0 Å². The maximum atomic E-state index is 13.6. The molecule has 1 unspecified atom stereocenters. The van der Waals surface area contributed by atoms with E-state index in [1.807, 2.05) is 19.0 Å². The maximum absolute atomic E-state index is 13.6. The van der Waals surface area contributed by atoms with Gasteiger partial charge in [0.2, 0.25) is 5.95 Å². The predicted molar refractivity (Wildman–Crippen MR) is 106 cm³/mol. The monoisotopic (exact) mass is 388 g/mol. The highest BCUT2D eigenvalue weighted by Crippen LogP contribution is 2.28. The lowest BCUT2D eigenvalue weighted by molar-refractivity contribution is 0.0975. The van der Waals surface area contributed by atoms with E-state index in [0.29, 0.717) is 36.6 Å². The molecule has 150 valence electrons. The van der Waals surface area contributed by atoms with Gasteiger partial charge < -0.3 is 25.6 Å². The number of fused-ring (bicyclic) bond motifs is 1. The van der Waals surface area contributed by atoms with Crippen molar-refractivity contribution in [3.05, 3.63) is 41.3 Å². The molecule has 0 radical (unpaired) electrons. The highest BCUT2D eigenvalue weighted by molar-refractivity contribution is 6.07. The SMILES string of the molecule is COCC(CN(C)C)Nc1nc(N)nc2c1CCN(c1cccc(F)c1)C2=O. The number of carbonyl (C=O) groups is 1. The number of benzene rings is 1. The number of carbonyl (C=O) groups excluding carboxylic acids is 1. The Labute approximate surface area is 163 Å². The molecule has 3 N–H and O–H groups in total. The zero-order chi connectivity index (χ0) is 20.3. The van der Waals surface area contributed by atoms with Crippen molar-refractivity contribution in [2.45, 2.75) is 12.5 Å².